The minimum absolute atomic E-state index is 0.146. The lowest BCUT2D eigenvalue weighted by Crippen LogP contribution is -2.32. The van der Waals surface area contributed by atoms with E-state index in [0.717, 1.165) is 31.7 Å². The van der Waals surface area contributed by atoms with Gasteiger partial charge in [0, 0.05) is 26.7 Å². The Morgan fingerprint density at radius 1 is 1.47 bits per heavy atom. The van der Waals surface area contributed by atoms with Crippen LogP contribution < -0.4 is 10.2 Å². The summed E-state index contributed by atoms with van der Waals surface area (Å²) in [6, 6.07) is 5.27. The predicted molar refractivity (Wildman–Crippen MR) is 76.0 cm³/mol. The van der Waals surface area contributed by atoms with Crippen LogP contribution >= 0.6 is 0 Å². The van der Waals surface area contributed by atoms with Gasteiger partial charge in [-0.15, -0.1) is 0 Å². The van der Waals surface area contributed by atoms with Crippen LogP contribution in [0.1, 0.15) is 18.4 Å². The third kappa shape index (κ3) is 3.67. The minimum Gasteiger partial charge on any atom is -0.381 e. The maximum atomic E-state index is 14.1. The molecule has 3 nitrogen and oxygen atoms in total. The van der Waals surface area contributed by atoms with Gasteiger partial charge in [0.25, 0.3) is 0 Å². The first kappa shape index (κ1) is 14.3. The van der Waals surface area contributed by atoms with E-state index in [1.54, 1.807) is 6.07 Å². The molecule has 0 amide bonds. The van der Waals surface area contributed by atoms with Crippen molar-refractivity contribution in [2.24, 2.45) is 5.92 Å². The maximum Gasteiger partial charge on any atom is 0.146 e. The molecule has 1 aliphatic heterocycles. The molecule has 1 aliphatic rings. The van der Waals surface area contributed by atoms with Crippen LogP contribution in [0.15, 0.2) is 18.2 Å². The van der Waals surface area contributed by atoms with E-state index in [-0.39, 0.29) is 5.82 Å². The van der Waals surface area contributed by atoms with Crippen LogP contribution in [0, 0.1) is 11.7 Å². The summed E-state index contributed by atoms with van der Waals surface area (Å²) >= 11 is 0. The van der Waals surface area contributed by atoms with Crippen molar-refractivity contribution in [3.63, 3.8) is 0 Å². The largest absolute Gasteiger partial charge is 0.381 e. The normalized spacial score (nSPS) is 19.4. The van der Waals surface area contributed by atoms with Gasteiger partial charge in [-0.25, -0.2) is 4.39 Å². The molecule has 1 fully saturated rings. The van der Waals surface area contributed by atoms with Crippen LogP contribution in [0.2, 0.25) is 0 Å². The van der Waals surface area contributed by atoms with E-state index >= 15 is 0 Å². The molecule has 0 aliphatic carbocycles. The lowest BCUT2D eigenvalue weighted by Gasteiger charge is -2.30. The third-order valence-corrected chi connectivity index (χ3v) is 3.61. The predicted octanol–water partition coefficient (Wildman–Crippen LogP) is 2.41. The van der Waals surface area contributed by atoms with Gasteiger partial charge >= 0.3 is 0 Å². The van der Waals surface area contributed by atoms with E-state index in [0.29, 0.717) is 18.2 Å². The van der Waals surface area contributed by atoms with Crippen LogP contribution in [0.25, 0.3) is 0 Å². The number of hydrogen-bond acceptors (Lipinski definition) is 3. The number of nitrogens with one attached hydrogen (secondary N) is 1. The van der Waals surface area contributed by atoms with Crippen molar-refractivity contribution in [2.75, 3.05) is 38.8 Å². The highest BCUT2D eigenvalue weighted by atomic mass is 19.1. The van der Waals surface area contributed by atoms with Crippen molar-refractivity contribution < 1.29 is 9.13 Å². The van der Waals surface area contributed by atoms with Gasteiger partial charge in [-0.1, -0.05) is 12.1 Å². The molecule has 1 aromatic carbocycles. The molecule has 19 heavy (non-hydrogen) atoms. The second kappa shape index (κ2) is 6.87. The van der Waals surface area contributed by atoms with Gasteiger partial charge in [-0.3, -0.25) is 0 Å². The van der Waals surface area contributed by atoms with E-state index < -0.39 is 0 Å². The van der Waals surface area contributed by atoms with E-state index in [1.165, 1.54) is 12.5 Å². The number of nitrogens with zero attached hydrogens (tertiary/aromatic N) is 1. The number of para-hydroxylation sites is 1. The molecule has 1 saturated heterocycles. The lowest BCUT2D eigenvalue weighted by molar-refractivity contribution is 0.0576. The first-order valence-electron chi connectivity index (χ1n) is 6.93. The highest BCUT2D eigenvalue weighted by Gasteiger charge is 2.19. The van der Waals surface area contributed by atoms with Crippen molar-refractivity contribution in [3.8, 4) is 0 Å². The highest BCUT2D eigenvalue weighted by molar-refractivity contribution is 5.54. The zero-order valence-corrected chi connectivity index (χ0v) is 11.8. The molecule has 1 N–H and O–H groups in total. The number of halogens is 1. The van der Waals surface area contributed by atoms with Crippen molar-refractivity contribution in [1.29, 1.82) is 0 Å². The Labute approximate surface area is 114 Å². The summed E-state index contributed by atoms with van der Waals surface area (Å²) in [6.07, 6.45) is 2.28. The molecule has 0 aromatic heterocycles. The van der Waals surface area contributed by atoms with Gasteiger partial charge < -0.3 is 15.0 Å². The molecule has 1 heterocycles. The Bertz CT molecular complexity index is 405. The quantitative estimate of drug-likeness (QED) is 0.885. The van der Waals surface area contributed by atoms with Crippen LogP contribution in [-0.2, 0) is 11.3 Å². The summed E-state index contributed by atoms with van der Waals surface area (Å²) in [7, 11) is 3.84. The van der Waals surface area contributed by atoms with Crippen molar-refractivity contribution in [1.82, 2.24) is 5.32 Å². The molecule has 1 atom stereocenters. The summed E-state index contributed by atoms with van der Waals surface area (Å²) in [6.45, 7) is 3.18. The summed E-state index contributed by atoms with van der Waals surface area (Å²) < 4.78 is 19.6. The Morgan fingerprint density at radius 3 is 3.00 bits per heavy atom. The van der Waals surface area contributed by atoms with Gasteiger partial charge in [-0.05, 0) is 37.4 Å². The number of benzene rings is 1. The molecular weight excluding hydrogens is 243 g/mol. The highest BCUT2D eigenvalue weighted by Crippen LogP contribution is 2.25. The smallest absolute Gasteiger partial charge is 0.146 e. The summed E-state index contributed by atoms with van der Waals surface area (Å²) in [5, 5.41) is 3.09. The Kier molecular flexibility index (Phi) is 5.16. The average Bonchev–Trinajstić information content (AvgIpc) is 2.40. The fraction of sp³-hybridized carbons (Fsp3) is 0.600. The summed E-state index contributed by atoms with van der Waals surface area (Å²) in [4.78, 5) is 2.03. The standard InChI is InChI=1S/C15H23FN2O/c1-17-9-13-6-3-7-14(16)15(13)18(2)10-12-5-4-8-19-11-12/h3,6-7,12,17H,4-5,8-11H2,1-2H3. The van der Waals surface area contributed by atoms with Gasteiger partial charge in [0.2, 0.25) is 0 Å². The molecule has 1 aromatic rings. The van der Waals surface area contributed by atoms with Gasteiger partial charge in [-0.2, -0.15) is 0 Å². The van der Waals surface area contributed by atoms with Crippen molar-refractivity contribution in [3.05, 3.63) is 29.6 Å². The lowest BCUT2D eigenvalue weighted by atomic mass is 10.0. The second-order valence-electron chi connectivity index (χ2n) is 5.24. The average molecular weight is 266 g/mol. The molecular formula is C15H23FN2O. The third-order valence-electron chi connectivity index (χ3n) is 3.61. The number of hydrogen-bond donors (Lipinski definition) is 1. The van der Waals surface area contributed by atoms with E-state index in [9.17, 15) is 4.39 Å². The molecule has 0 saturated carbocycles. The van der Waals surface area contributed by atoms with Crippen molar-refractivity contribution >= 4 is 5.69 Å². The summed E-state index contributed by atoms with van der Waals surface area (Å²) in [5.74, 6) is 0.354. The molecule has 0 radical (unpaired) electrons. The fourth-order valence-corrected chi connectivity index (χ4v) is 2.75. The summed E-state index contributed by atoms with van der Waals surface area (Å²) in [5.41, 5.74) is 1.71. The topological polar surface area (TPSA) is 24.5 Å². The second-order valence-corrected chi connectivity index (χ2v) is 5.24. The zero-order valence-electron chi connectivity index (χ0n) is 11.8. The fourth-order valence-electron chi connectivity index (χ4n) is 2.75. The first-order chi connectivity index (χ1) is 9.22. The van der Waals surface area contributed by atoms with E-state index in [1.807, 2.05) is 25.1 Å². The minimum atomic E-state index is -0.146. The SMILES string of the molecule is CNCc1cccc(F)c1N(C)CC1CCCOC1. The van der Waals surface area contributed by atoms with Gasteiger partial charge in [0.1, 0.15) is 5.82 Å². The number of ether oxygens (including phenoxy) is 1. The van der Waals surface area contributed by atoms with Crippen molar-refractivity contribution in [2.45, 2.75) is 19.4 Å². The number of anilines is 1. The van der Waals surface area contributed by atoms with Gasteiger partial charge in [0.05, 0.1) is 12.3 Å². The first-order valence-corrected chi connectivity index (χ1v) is 6.93. The zero-order chi connectivity index (χ0) is 13.7. The van der Waals surface area contributed by atoms with E-state index in [2.05, 4.69) is 5.32 Å². The molecule has 0 spiro atoms. The van der Waals surface area contributed by atoms with Crippen LogP contribution in [-0.4, -0.2) is 33.9 Å². The maximum absolute atomic E-state index is 14.1. The molecule has 0 bridgehead atoms. The van der Waals surface area contributed by atoms with E-state index in [4.69, 9.17) is 4.74 Å². The van der Waals surface area contributed by atoms with Crippen LogP contribution in [0.3, 0.4) is 0 Å². The Balaban J connectivity index is 2.10. The Morgan fingerprint density at radius 2 is 2.32 bits per heavy atom. The van der Waals surface area contributed by atoms with Gasteiger partial charge in [0.15, 0.2) is 0 Å². The monoisotopic (exact) mass is 266 g/mol. The molecule has 4 heteroatoms. The molecule has 2 rings (SSSR count). The number of rotatable bonds is 5. The van der Waals surface area contributed by atoms with Crippen LogP contribution in [0.4, 0.5) is 10.1 Å². The Hall–Kier alpha value is -1.13. The molecule has 106 valence electrons. The molecule has 1 unspecified atom stereocenters. The van der Waals surface area contributed by atoms with Crippen LogP contribution in [0.5, 0.6) is 0 Å².